The second kappa shape index (κ2) is 6.09. The van der Waals surface area contributed by atoms with Crippen molar-refractivity contribution < 1.29 is 4.79 Å². The topological polar surface area (TPSA) is 17.1 Å². The molecule has 0 saturated carbocycles. The van der Waals surface area contributed by atoms with E-state index in [1.165, 1.54) is 0 Å². The average Bonchev–Trinajstić information content (AvgIpc) is 2.19. The number of hydrogen-bond acceptors (Lipinski definition) is 1. The molecule has 0 aliphatic carbocycles. The third-order valence-electron chi connectivity index (χ3n) is 1.92. The molecule has 0 atom stereocenters. The number of rotatable bonds is 4. The summed E-state index contributed by atoms with van der Waals surface area (Å²) in [6.45, 7) is 2.00. The van der Waals surface area contributed by atoms with E-state index in [-0.39, 0.29) is 5.78 Å². The van der Waals surface area contributed by atoms with Crippen LogP contribution in [-0.2, 0) is 11.2 Å². The van der Waals surface area contributed by atoms with Crippen LogP contribution < -0.4 is 0 Å². The van der Waals surface area contributed by atoms with Crippen LogP contribution >= 0.6 is 27.5 Å². The van der Waals surface area contributed by atoms with Crippen LogP contribution in [0.15, 0.2) is 34.8 Å². The second-order valence-corrected chi connectivity index (χ2v) is 4.51. The highest BCUT2D eigenvalue weighted by Gasteiger charge is 2.04. The molecule has 0 heterocycles. The van der Waals surface area contributed by atoms with E-state index in [0.717, 1.165) is 16.5 Å². The molecule has 0 amide bonds. The largest absolute Gasteiger partial charge is 0.294 e. The number of halogens is 2. The molecule has 0 saturated heterocycles. The highest BCUT2D eigenvalue weighted by molar-refractivity contribution is 9.10. The maximum Gasteiger partial charge on any atom is 0.159 e. The normalized spacial score (nSPS) is 10.9. The lowest BCUT2D eigenvalue weighted by molar-refractivity contribution is -0.114. The fourth-order valence-electron chi connectivity index (χ4n) is 1.16. The molecule has 0 aliphatic heterocycles. The van der Waals surface area contributed by atoms with Crippen molar-refractivity contribution in [2.45, 2.75) is 19.8 Å². The Kier molecular flexibility index (Phi) is 5.06. The molecule has 80 valence electrons. The van der Waals surface area contributed by atoms with Gasteiger partial charge in [-0.15, -0.1) is 0 Å². The zero-order valence-corrected chi connectivity index (χ0v) is 10.8. The van der Waals surface area contributed by atoms with Gasteiger partial charge in [0.05, 0.1) is 0 Å². The molecule has 0 unspecified atom stereocenters. The van der Waals surface area contributed by atoms with Crippen LogP contribution in [0.4, 0.5) is 0 Å². The fraction of sp³-hybridized carbons (Fsp3) is 0.250. The van der Waals surface area contributed by atoms with Gasteiger partial charge >= 0.3 is 0 Å². The van der Waals surface area contributed by atoms with Gasteiger partial charge in [-0.3, -0.25) is 4.79 Å². The minimum atomic E-state index is 0.0843. The van der Waals surface area contributed by atoms with Gasteiger partial charge in [-0.1, -0.05) is 46.6 Å². The van der Waals surface area contributed by atoms with E-state index >= 15 is 0 Å². The molecule has 0 radical (unpaired) electrons. The Morgan fingerprint density at radius 2 is 2.27 bits per heavy atom. The lowest BCUT2D eigenvalue weighted by Crippen LogP contribution is -1.98. The van der Waals surface area contributed by atoms with E-state index < -0.39 is 0 Å². The average molecular weight is 288 g/mol. The predicted octanol–water partition coefficient (Wildman–Crippen LogP) is 4.18. The summed E-state index contributed by atoms with van der Waals surface area (Å²) in [5.41, 5.74) is 0.866. The number of carbonyl (C=O) groups excluding carboxylic acids is 1. The SMILES string of the molecule is CC/C=C/C(=O)Cc1ccc(Br)cc1Cl. The van der Waals surface area contributed by atoms with Crippen LogP contribution in [0.3, 0.4) is 0 Å². The number of ketones is 1. The molecular weight excluding hydrogens is 275 g/mol. The quantitative estimate of drug-likeness (QED) is 0.759. The van der Waals surface area contributed by atoms with E-state index in [0.29, 0.717) is 11.4 Å². The van der Waals surface area contributed by atoms with Gasteiger partial charge in [0, 0.05) is 15.9 Å². The molecule has 1 aromatic rings. The highest BCUT2D eigenvalue weighted by atomic mass is 79.9. The molecule has 3 heteroatoms. The van der Waals surface area contributed by atoms with E-state index in [2.05, 4.69) is 15.9 Å². The van der Waals surface area contributed by atoms with Crippen molar-refractivity contribution in [1.29, 1.82) is 0 Å². The molecule has 0 spiro atoms. The summed E-state index contributed by atoms with van der Waals surface area (Å²) in [5, 5.41) is 0.627. The van der Waals surface area contributed by atoms with Crippen molar-refractivity contribution >= 4 is 33.3 Å². The Morgan fingerprint density at radius 3 is 2.87 bits per heavy atom. The van der Waals surface area contributed by atoms with E-state index in [1.54, 1.807) is 12.1 Å². The summed E-state index contributed by atoms with van der Waals surface area (Å²) in [4.78, 5) is 11.5. The van der Waals surface area contributed by atoms with Gasteiger partial charge in [0.15, 0.2) is 5.78 Å². The van der Waals surface area contributed by atoms with Gasteiger partial charge in [-0.05, 0) is 30.2 Å². The Morgan fingerprint density at radius 1 is 1.53 bits per heavy atom. The lowest BCUT2D eigenvalue weighted by Gasteiger charge is -2.01. The molecule has 0 N–H and O–H groups in total. The molecule has 0 bridgehead atoms. The summed E-state index contributed by atoms with van der Waals surface area (Å²) in [6, 6.07) is 5.55. The summed E-state index contributed by atoms with van der Waals surface area (Å²) in [7, 11) is 0. The van der Waals surface area contributed by atoms with E-state index in [9.17, 15) is 4.79 Å². The third kappa shape index (κ3) is 4.18. The van der Waals surface area contributed by atoms with E-state index in [4.69, 9.17) is 11.6 Å². The number of hydrogen-bond donors (Lipinski definition) is 0. The standard InChI is InChI=1S/C12H12BrClO/c1-2-3-4-11(15)7-9-5-6-10(13)8-12(9)14/h3-6,8H,2,7H2,1H3/b4-3+. The van der Waals surface area contributed by atoms with Gasteiger partial charge < -0.3 is 0 Å². The van der Waals surface area contributed by atoms with Gasteiger partial charge in [0.1, 0.15) is 0 Å². The molecule has 15 heavy (non-hydrogen) atoms. The number of allylic oxidation sites excluding steroid dienone is 2. The second-order valence-electron chi connectivity index (χ2n) is 3.19. The van der Waals surface area contributed by atoms with Crippen LogP contribution in [0, 0.1) is 0 Å². The van der Waals surface area contributed by atoms with Gasteiger partial charge in [-0.25, -0.2) is 0 Å². The first-order valence-electron chi connectivity index (χ1n) is 4.76. The summed E-state index contributed by atoms with van der Waals surface area (Å²) < 4.78 is 0.924. The first kappa shape index (κ1) is 12.5. The molecule has 0 aliphatic rings. The van der Waals surface area contributed by atoms with Crippen molar-refractivity contribution in [3.63, 3.8) is 0 Å². The predicted molar refractivity (Wildman–Crippen MR) is 67.3 cm³/mol. The minimum absolute atomic E-state index is 0.0843. The summed E-state index contributed by atoms with van der Waals surface area (Å²) in [5.74, 6) is 0.0843. The minimum Gasteiger partial charge on any atom is -0.294 e. The number of benzene rings is 1. The maximum absolute atomic E-state index is 11.5. The van der Waals surface area contributed by atoms with Crippen LogP contribution in [0.1, 0.15) is 18.9 Å². The molecule has 0 aromatic heterocycles. The highest BCUT2D eigenvalue weighted by Crippen LogP contribution is 2.21. The monoisotopic (exact) mass is 286 g/mol. The van der Waals surface area contributed by atoms with Crippen molar-refractivity contribution in [3.8, 4) is 0 Å². The fourth-order valence-corrected chi connectivity index (χ4v) is 1.90. The first-order valence-corrected chi connectivity index (χ1v) is 5.94. The van der Waals surface area contributed by atoms with Gasteiger partial charge in [-0.2, -0.15) is 0 Å². The third-order valence-corrected chi connectivity index (χ3v) is 2.76. The smallest absolute Gasteiger partial charge is 0.159 e. The van der Waals surface area contributed by atoms with Crippen LogP contribution in [0.5, 0.6) is 0 Å². The van der Waals surface area contributed by atoms with Crippen molar-refractivity contribution in [2.24, 2.45) is 0 Å². The van der Waals surface area contributed by atoms with Crippen molar-refractivity contribution in [2.75, 3.05) is 0 Å². The molecule has 1 aromatic carbocycles. The van der Waals surface area contributed by atoms with Crippen LogP contribution in [0.2, 0.25) is 5.02 Å². The first-order chi connectivity index (χ1) is 7.13. The molecular formula is C12H12BrClO. The Bertz CT molecular complexity index is 385. The van der Waals surface area contributed by atoms with Crippen molar-refractivity contribution in [1.82, 2.24) is 0 Å². The summed E-state index contributed by atoms with van der Waals surface area (Å²) in [6.07, 6.45) is 4.70. The summed E-state index contributed by atoms with van der Waals surface area (Å²) >= 11 is 9.32. The van der Waals surface area contributed by atoms with Crippen LogP contribution in [-0.4, -0.2) is 5.78 Å². The molecule has 1 rings (SSSR count). The maximum atomic E-state index is 11.5. The Balaban J connectivity index is 2.72. The van der Waals surface area contributed by atoms with Crippen molar-refractivity contribution in [3.05, 3.63) is 45.4 Å². The molecule has 0 fully saturated rings. The molecule has 1 nitrogen and oxygen atoms in total. The van der Waals surface area contributed by atoms with Gasteiger partial charge in [0.2, 0.25) is 0 Å². The van der Waals surface area contributed by atoms with Gasteiger partial charge in [0.25, 0.3) is 0 Å². The lowest BCUT2D eigenvalue weighted by atomic mass is 10.1. The zero-order valence-electron chi connectivity index (χ0n) is 8.47. The van der Waals surface area contributed by atoms with E-state index in [1.807, 2.05) is 25.1 Å². The van der Waals surface area contributed by atoms with Crippen LogP contribution in [0.25, 0.3) is 0 Å². The Labute approximate surface area is 103 Å². The zero-order chi connectivity index (χ0) is 11.3. The number of carbonyl (C=O) groups is 1. The Hall–Kier alpha value is -0.600.